The molecule has 12 rings (SSSR count). The zero-order chi connectivity index (χ0) is 138. The number of nitrogens with zero attached hydrogens (tertiary/aromatic N) is 3. The summed E-state index contributed by atoms with van der Waals surface area (Å²) in [5.41, 5.74) is -13.3. The van der Waals surface area contributed by atoms with Gasteiger partial charge in [0.25, 0.3) is 17.7 Å². The summed E-state index contributed by atoms with van der Waals surface area (Å²) in [7, 11) is -13.3. The third-order valence-electron chi connectivity index (χ3n) is 31.4. The Morgan fingerprint density at radius 3 is 0.946 bits per heavy atom. The minimum atomic E-state index is -4.90. The fourth-order valence-electron chi connectivity index (χ4n) is 20.9. The molecular formula is C111H186N12O21S3. The Bertz CT molecular complexity index is 6740. The summed E-state index contributed by atoms with van der Waals surface area (Å²) in [6.45, 7) is 37.3. The highest BCUT2D eigenvalue weighted by molar-refractivity contribution is 7.93. The van der Waals surface area contributed by atoms with Crippen LogP contribution in [0.25, 0.3) is 0 Å². The van der Waals surface area contributed by atoms with Crippen LogP contribution in [0.4, 0.5) is 14.4 Å². The van der Waals surface area contributed by atoms with E-state index in [1.54, 1.807) is 34.6 Å². The van der Waals surface area contributed by atoms with E-state index in [1.165, 1.54) is 72.1 Å². The predicted octanol–water partition coefficient (Wildman–Crippen LogP) is 14.1. The number of amides is 12. The summed E-state index contributed by atoms with van der Waals surface area (Å²) >= 11 is 0. The number of carbonyl (C=O) groups excluding carboxylic acids is 15. The number of hydrogen-bond acceptors (Lipinski definition) is 21. The molecule has 3 aliphatic heterocycles. The average Bonchev–Trinajstić information content (AvgIpc) is 0.994. The van der Waals surface area contributed by atoms with Crippen LogP contribution in [-0.2, 0) is 87.0 Å². The molecule has 9 saturated carbocycles. The lowest BCUT2D eigenvalue weighted by molar-refractivity contribution is -0.145. The Kier molecular flexibility index (Phi) is 26.0. The molecule has 3 saturated heterocycles. The number of rotatable bonds is 42. The van der Waals surface area contributed by atoms with Gasteiger partial charge < -0.3 is 62.6 Å². The highest BCUT2D eigenvalue weighted by atomic mass is 32.2. The molecule has 0 aromatic carbocycles. The molecule has 834 valence electrons. The zero-order valence-electron chi connectivity index (χ0n) is 122. The Hall–Kier alpha value is -7.50. The van der Waals surface area contributed by atoms with Crippen molar-refractivity contribution in [1.29, 1.82) is 0 Å². The maximum Gasteiger partial charge on any atom is 0.315 e. The second kappa shape index (κ2) is 46.0. The lowest BCUT2D eigenvalue weighted by Crippen LogP contribution is -2.63. The first kappa shape index (κ1) is 83.1. The van der Waals surface area contributed by atoms with Gasteiger partial charge in [0, 0.05) is 117 Å². The SMILES string of the molecule is [2H]C([2H])([2H])C([2H])([2H])C([2H])([2H])C([2H])([2H])[C@H](CC(=O)[C@@H]1[C@@H]2[C@H](CN1C(=O)[C@@H](NC(=O)NC1(CS(=O)(=O)C(C)(C)C)C([2H])([2H])C([2H])([2H])C([2H])([2H])C([2H])([2H])C1([2H])[2H])C(C)(C)C)C2(C)C)C(=O)C(=O)NC1CC1.[2H]C1([2H])C([2H])([2H])C([2H])([2H])C(CS(=O)(=O)C(C)(C)C)(NC(=O)N[C@H](C(=O)N2C[C@H]3[C@@H]([C@H]2C(=O)C[C@]([2H])(CCCC)C(=O)C(=O)NC2CC2)C3(C)C)C(C)(C)C)C([2H])([2H])C1([2H])[2H].[2H][C@](CCCC)(CC(=O)[C@@H]1[C@@H]2[C@H](CN1C(=O)[C@@H](NC(=O)NC1(CS(=O)(=O)C(C)(C)C)CCCCC1)C(C)(C)C)C2(C)C)C(=O)C(=O)NC1CC1. The molecule has 12 aliphatic rings. The molecule has 12 fully saturated rings. The fourth-order valence-corrected chi connectivity index (χ4v) is 24.9. The van der Waals surface area contributed by atoms with Gasteiger partial charge in [-0.1, -0.05) is 220 Å². The molecule has 0 aromatic rings. The minimum Gasteiger partial charge on any atom is -0.347 e. The van der Waals surface area contributed by atoms with E-state index in [-0.39, 0.29) is 66.9 Å². The van der Waals surface area contributed by atoms with Crippen LogP contribution >= 0.6 is 0 Å². The lowest BCUT2D eigenvalue weighted by atomic mass is 9.83. The van der Waals surface area contributed by atoms with Crippen molar-refractivity contribution in [2.24, 2.45) is 85.7 Å². The van der Waals surface area contributed by atoms with Crippen LogP contribution in [0.2, 0.25) is 0 Å². The van der Waals surface area contributed by atoms with Gasteiger partial charge in [-0.2, -0.15) is 0 Å². The molecule has 9 aliphatic carbocycles. The van der Waals surface area contributed by atoms with E-state index in [0.29, 0.717) is 70.8 Å². The first-order valence-electron chi connectivity index (χ1n) is 67.3. The number of nitrogens with one attached hydrogen (secondary N) is 9. The highest BCUT2D eigenvalue weighted by Gasteiger charge is 2.73. The Morgan fingerprint density at radius 2 is 0.673 bits per heavy atom. The Morgan fingerprint density at radius 1 is 0.395 bits per heavy atom. The third-order valence-corrected chi connectivity index (χ3v) is 39.5. The maximum absolute atomic E-state index is 14.9. The lowest BCUT2D eigenvalue weighted by Gasteiger charge is -2.41. The first-order chi connectivity index (χ1) is 79.3. The van der Waals surface area contributed by atoms with E-state index in [4.69, 9.17) is 42.5 Å². The number of Topliss-reactive ketones (excluding diaryl/α,β-unsaturated/α-hetero) is 6. The number of urea groups is 3. The van der Waals surface area contributed by atoms with Crippen molar-refractivity contribution < 1.29 is 140 Å². The summed E-state index contributed by atoms with van der Waals surface area (Å²) < 4.78 is 342. The van der Waals surface area contributed by atoms with Gasteiger partial charge in [0.1, 0.15) is 18.1 Å². The van der Waals surface area contributed by atoms with Gasteiger partial charge in [0.05, 0.1) is 66.2 Å². The van der Waals surface area contributed by atoms with Crippen LogP contribution in [0.3, 0.4) is 0 Å². The molecule has 33 nitrogen and oxygen atoms in total. The molecule has 0 bridgehead atoms. The average molecular weight is 2150 g/mol. The van der Waals surface area contributed by atoms with Crippen molar-refractivity contribution in [3.63, 3.8) is 0 Å². The van der Waals surface area contributed by atoms with E-state index < -0.39 is 374 Å². The molecule has 0 radical (unpaired) electrons. The number of piperidine rings is 3. The molecule has 3 heterocycles. The molecule has 0 spiro atoms. The topological polar surface area (TPSA) is 476 Å². The van der Waals surface area contributed by atoms with Crippen molar-refractivity contribution in [3.8, 4) is 0 Å². The normalized spacial score (nSPS) is 33.2. The quantitative estimate of drug-likeness (QED) is 0.0256. The Balaban J connectivity index is 0.000000271. The number of unbranched alkanes of at least 4 members (excludes halogenated alkanes) is 2. The van der Waals surface area contributed by atoms with E-state index in [1.807, 2.05) is 72.9 Å². The van der Waals surface area contributed by atoms with Gasteiger partial charge in [-0.05, 0) is 226 Å². The van der Waals surface area contributed by atoms with Crippen LogP contribution in [0, 0.1) is 85.7 Å². The van der Waals surface area contributed by atoms with Crippen molar-refractivity contribution in [2.75, 3.05) is 36.9 Å². The number of carbonyl (C=O) groups is 15. The van der Waals surface area contributed by atoms with Gasteiger partial charge in [0.2, 0.25) is 35.1 Å². The van der Waals surface area contributed by atoms with Gasteiger partial charge in [0.15, 0.2) is 46.9 Å². The van der Waals surface area contributed by atoms with Crippen molar-refractivity contribution in [2.45, 2.75) is 483 Å². The van der Waals surface area contributed by atoms with E-state index in [9.17, 15) is 97.2 Å². The largest absolute Gasteiger partial charge is 0.347 e. The molecule has 0 aromatic heterocycles. The summed E-state index contributed by atoms with van der Waals surface area (Å²) in [6.07, 6.45) is -45.3. The molecule has 9 N–H and O–H groups in total. The second-order valence-electron chi connectivity index (χ2n) is 50.5. The maximum atomic E-state index is 14.9. The summed E-state index contributed by atoms with van der Waals surface area (Å²) in [6, 6.07) is -13.1. The van der Waals surface area contributed by atoms with E-state index in [0.717, 1.165) is 57.8 Å². The highest BCUT2D eigenvalue weighted by Crippen LogP contribution is 2.68. The second-order valence-corrected chi connectivity index (χ2v) is 58.7. The third kappa shape index (κ3) is 29.6. The number of ketones is 6. The van der Waals surface area contributed by atoms with Crippen LogP contribution in [0.1, 0.15) is 441 Å². The van der Waals surface area contributed by atoms with Crippen LogP contribution in [0.5, 0.6) is 0 Å². The zero-order valence-corrected chi connectivity index (χ0v) is 93.2. The van der Waals surface area contributed by atoms with E-state index in [2.05, 4.69) is 37.2 Å². The van der Waals surface area contributed by atoms with Crippen molar-refractivity contribution in [3.05, 3.63) is 0 Å². The van der Waals surface area contributed by atoms with Crippen LogP contribution in [0.15, 0.2) is 0 Å². The monoisotopic (exact) mass is 2150 g/mol. The van der Waals surface area contributed by atoms with Crippen molar-refractivity contribution in [1.82, 2.24) is 62.6 Å². The summed E-state index contributed by atoms with van der Waals surface area (Å²) in [5, 5.41) is 21.8. The molecule has 147 heavy (non-hydrogen) atoms. The molecule has 0 unspecified atom stereocenters. The predicted molar refractivity (Wildman–Crippen MR) is 568 cm³/mol. The summed E-state index contributed by atoms with van der Waals surface area (Å²) in [4.78, 5) is 213. The summed E-state index contributed by atoms with van der Waals surface area (Å²) in [5.74, 6) is -24.1. The standard InChI is InChI=1S/3C37H62N4O7S/c3*1-10-11-15-23(29(43)31(44)38-24-16-17-24)20-26(42)28-27-25(36(27,8)9)21-41(28)32(45)30(34(2,3)4)39-33(46)40-37(18-13-12-14-19-37)22-49(47,48)35(5,6)7/h3*23-25,27-28,30H,10-22H2,1-9H3,(H,38,44)(H2,39,40,46)/t23-,25+,27+,28-,30-;2*23-,25-,27-,28+,30+/m100/s1/i1D3,10D2,11D2,12D2,13D2,14D2,15D2,18D2,19D2;12D2,13D2,14D2,18D2,19D2,23D;23D. The molecular weight excluding hydrogens is 1930 g/mol. The van der Waals surface area contributed by atoms with Gasteiger partial charge in [-0.15, -0.1) is 0 Å². The number of sulfone groups is 3. The molecule has 36 heteroatoms. The van der Waals surface area contributed by atoms with Gasteiger partial charge in [-0.3, -0.25) is 57.5 Å². The smallest absolute Gasteiger partial charge is 0.315 e. The first-order valence-corrected chi connectivity index (χ1v) is 56.8. The van der Waals surface area contributed by atoms with E-state index >= 15 is 0 Å². The van der Waals surface area contributed by atoms with Crippen LogP contribution in [-0.4, -0.2) is 250 Å². The fraction of sp³-hybridized carbons (Fsp3) is 0.865. The molecule has 15 atom stereocenters. The number of fused-ring (bicyclic) bond motifs is 3. The number of hydrogen-bond donors (Lipinski definition) is 9. The van der Waals surface area contributed by atoms with Gasteiger partial charge >= 0.3 is 18.1 Å². The van der Waals surface area contributed by atoms with Crippen molar-refractivity contribution >= 4 is 118 Å². The van der Waals surface area contributed by atoms with Gasteiger partial charge in [-0.25, -0.2) is 39.6 Å². The van der Waals surface area contributed by atoms with Crippen LogP contribution < -0.4 is 47.9 Å². The molecule has 12 amide bonds. The Labute approximate surface area is 922 Å². The minimum absolute atomic E-state index is 0.00716. The number of likely N-dealkylation sites (tertiary alicyclic amines) is 3.